The molecule has 0 aliphatic heterocycles. The minimum atomic E-state index is -2.96. The van der Waals surface area contributed by atoms with Gasteiger partial charge in [0.1, 0.15) is 11.0 Å². The summed E-state index contributed by atoms with van der Waals surface area (Å²) in [6.45, 7) is 1.91. The van der Waals surface area contributed by atoms with Crippen LogP contribution in [-0.2, 0) is 9.84 Å². The summed E-state index contributed by atoms with van der Waals surface area (Å²) in [6, 6.07) is 3.12. The van der Waals surface area contributed by atoms with Crippen molar-refractivity contribution in [3.8, 4) is 0 Å². The number of hydrogen-bond donors (Lipinski definition) is 2. The molecule has 0 amide bonds. The summed E-state index contributed by atoms with van der Waals surface area (Å²) in [6.07, 6.45) is 0. The number of halogens is 1. The summed E-state index contributed by atoms with van der Waals surface area (Å²) in [4.78, 5) is 3.96. The fourth-order valence-corrected chi connectivity index (χ4v) is 2.00. The van der Waals surface area contributed by atoms with Crippen molar-refractivity contribution in [3.63, 3.8) is 0 Å². The van der Waals surface area contributed by atoms with Gasteiger partial charge in [-0.25, -0.2) is 13.4 Å². The maximum atomic E-state index is 11.2. The molecule has 90 valence electrons. The topological polar surface area (TPSA) is 85.1 Å². The third-order valence-electron chi connectivity index (χ3n) is 1.98. The molecule has 0 saturated heterocycles. The highest BCUT2D eigenvalue weighted by molar-refractivity contribution is 7.91. The van der Waals surface area contributed by atoms with E-state index in [9.17, 15) is 8.42 Å². The molecule has 1 aromatic rings. The van der Waals surface area contributed by atoms with Gasteiger partial charge in [0.25, 0.3) is 0 Å². The number of anilines is 2. The Kier molecular flexibility index (Phi) is 4.37. The Morgan fingerprint density at radius 1 is 1.50 bits per heavy atom. The highest BCUT2D eigenvalue weighted by Gasteiger charge is 2.06. The van der Waals surface area contributed by atoms with Crippen LogP contribution in [0.5, 0.6) is 0 Å². The van der Waals surface area contributed by atoms with Crippen LogP contribution in [0.2, 0.25) is 5.15 Å². The molecule has 1 rings (SSSR count). The molecule has 7 heteroatoms. The van der Waals surface area contributed by atoms with E-state index in [4.69, 9.17) is 17.3 Å². The summed E-state index contributed by atoms with van der Waals surface area (Å²) in [7, 11) is -2.96. The Hall–Kier alpha value is -1.01. The Bertz CT molecular complexity index is 442. The second kappa shape index (κ2) is 5.36. The summed E-state index contributed by atoms with van der Waals surface area (Å²) >= 11 is 5.70. The Morgan fingerprint density at radius 2 is 2.19 bits per heavy atom. The molecule has 0 aromatic carbocycles. The van der Waals surface area contributed by atoms with E-state index in [1.807, 2.05) is 0 Å². The van der Waals surface area contributed by atoms with E-state index >= 15 is 0 Å². The summed E-state index contributed by atoms with van der Waals surface area (Å²) in [5.41, 5.74) is 6.05. The van der Waals surface area contributed by atoms with Crippen LogP contribution in [0.15, 0.2) is 12.1 Å². The van der Waals surface area contributed by atoms with Gasteiger partial charge >= 0.3 is 0 Å². The van der Waals surface area contributed by atoms with Crippen molar-refractivity contribution in [1.82, 2.24) is 4.98 Å². The van der Waals surface area contributed by atoms with Crippen molar-refractivity contribution in [1.29, 1.82) is 0 Å². The first kappa shape index (κ1) is 13.1. The molecular formula is C9H14ClN3O2S. The van der Waals surface area contributed by atoms with Gasteiger partial charge in [0.2, 0.25) is 0 Å². The van der Waals surface area contributed by atoms with Crippen molar-refractivity contribution in [2.75, 3.05) is 29.1 Å². The first-order valence-corrected chi connectivity index (χ1v) is 7.00. The summed E-state index contributed by atoms with van der Waals surface area (Å²) < 4.78 is 22.4. The van der Waals surface area contributed by atoms with Gasteiger partial charge in [-0.05, 0) is 6.07 Å². The predicted octanol–water partition coefficient (Wildman–Crippen LogP) is 1.16. The molecule has 1 heterocycles. The van der Waals surface area contributed by atoms with Gasteiger partial charge < -0.3 is 11.1 Å². The summed E-state index contributed by atoms with van der Waals surface area (Å²) in [5.74, 6) is 0.688. The Morgan fingerprint density at radius 3 is 2.75 bits per heavy atom. The van der Waals surface area contributed by atoms with E-state index in [2.05, 4.69) is 10.3 Å². The van der Waals surface area contributed by atoms with Gasteiger partial charge in [-0.3, -0.25) is 0 Å². The zero-order valence-electron chi connectivity index (χ0n) is 8.90. The van der Waals surface area contributed by atoms with Crippen LogP contribution in [0.25, 0.3) is 0 Å². The minimum absolute atomic E-state index is 0.0671. The largest absolute Gasteiger partial charge is 0.399 e. The molecule has 5 nitrogen and oxygen atoms in total. The van der Waals surface area contributed by atoms with Gasteiger partial charge in [0, 0.05) is 24.1 Å². The Labute approximate surface area is 99.9 Å². The molecule has 0 saturated carbocycles. The first-order valence-electron chi connectivity index (χ1n) is 4.80. The molecule has 0 atom stereocenters. The third-order valence-corrected chi connectivity index (χ3v) is 3.87. The lowest BCUT2D eigenvalue weighted by Crippen LogP contribution is -2.17. The van der Waals surface area contributed by atoms with E-state index in [-0.39, 0.29) is 16.7 Å². The number of rotatable bonds is 5. The van der Waals surface area contributed by atoms with Gasteiger partial charge in [-0.1, -0.05) is 18.5 Å². The highest BCUT2D eigenvalue weighted by Crippen LogP contribution is 2.15. The molecule has 1 aromatic heterocycles. The smallest absolute Gasteiger partial charge is 0.151 e. The number of hydrogen-bond acceptors (Lipinski definition) is 5. The van der Waals surface area contributed by atoms with E-state index in [0.717, 1.165) is 0 Å². The quantitative estimate of drug-likeness (QED) is 0.779. The van der Waals surface area contributed by atoms with Gasteiger partial charge in [-0.15, -0.1) is 0 Å². The van der Waals surface area contributed by atoms with Crippen LogP contribution in [0.1, 0.15) is 6.92 Å². The predicted molar refractivity (Wildman–Crippen MR) is 66.5 cm³/mol. The fraction of sp³-hybridized carbons (Fsp3) is 0.444. The molecule has 0 aliphatic carbocycles. The van der Waals surface area contributed by atoms with Crippen molar-refractivity contribution in [2.24, 2.45) is 0 Å². The fourth-order valence-electron chi connectivity index (χ4n) is 1.09. The van der Waals surface area contributed by atoms with E-state index in [1.165, 1.54) is 6.07 Å². The molecule has 16 heavy (non-hydrogen) atoms. The van der Waals surface area contributed by atoms with Gasteiger partial charge in [0.15, 0.2) is 9.84 Å². The van der Waals surface area contributed by atoms with Crippen molar-refractivity contribution in [2.45, 2.75) is 6.92 Å². The number of pyridine rings is 1. The van der Waals surface area contributed by atoms with E-state index in [1.54, 1.807) is 13.0 Å². The lowest BCUT2D eigenvalue weighted by molar-refractivity contribution is 0.597. The summed E-state index contributed by atoms with van der Waals surface area (Å²) in [5, 5.41) is 3.14. The normalized spacial score (nSPS) is 11.4. The number of sulfone groups is 1. The molecule has 0 spiro atoms. The van der Waals surface area contributed by atoms with Gasteiger partial charge in [-0.2, -0.15) is 0 Å². The molecule has 0 radical (unpaired) electrons. The van der Waals surface area contributed by atoms with Crippen molar-refractivity contribution < 1.29 is 8.42 Å². The number of nitrogens with one attached hydrogen (secondary N) is 1. The van der Waals surface area contributed by atoms with E-state index < -0.39 is 9.84 Å². The number of nitrogens with zero attached hydrogens (tertiary/aromatic N) is 1. The van der Waals surface area contributed by atoms with Crippen LogP contribution >= 0.6 is 11.6 Å². The second-order valence-electron chi connectivity index (χ2n) is 3.27. The number of nitrogens with two attached hydrogens (primary N) is 1. The van der Waals surface area contributed by atoms with Crippen molar-refractivity contribution in [3.05, 3.63) is 17.3 Å². The SMILES string of the molecule is CCS(=O)(=O)CCNc1cc(N)cc(Cl)n1. The standard InChI is InChI=1S/C9H14ClN3O2S/c1-2-16(14,15)4-3-12-9-6-7(11)5-8(10)13-9/h5-6H,2-4H2,1H3,(H3,11,12,13). The van der Waals surface area contributed by atoms with Crippen LogP contribution in [0.4, 0.5) is 11.5 Å². The molecule has 0 bridgehead atoms. The van der Waals surface area contributed by atoms with Crippen LogP contribution in [0, 0.1) is 0 Å². The maximum Gasteiger partial charge on any atom is 0.151 e. The molecule has 0 aliphatic rings. The zero-order chi connectivity index (χ0) is 12.2. The molecule has 3 N–H and O–H groups in total. The monoisotopic (exact) mass is 263 g/mol. The van der Waals surface area contributed by atoms with Crippen molar-refractivity contribution >= 4 is 32.9 Å². The van der Waals surface area contributed by atoms with Crippen LogP contribution in [-0.4, -0.2) is 31.5 Å². The first-order chi connectivity index (χ1) is 7.43. The lowest BCUT2D eigenvalue weighted by Gasteiger charge is -2.06. The average molecular weight is 264 g/mol. The van der Waals surface area contributed by atoms with E-state index in [0.29, 0.717) is 18.1 Å². The molecular weight excluding hydrogens is 250 g/mol. The minimum Gasteiger partial charge on any atom is -0.399 e. The molecule has 0 unspecified atom stereocenters. The highest BCUT2D eigenvalue weighted by atomic mass is 35.5. The van der Waals surface area contributed by atoms with Crippen LogP contribution in [0.3, 0.4) is 0 Å². The van der Waals surface area contributed by atoms with Crippen LogP contribution < -0.4 is 11.1 Å². The lowest BCUT2D eigenvalue weighted by atomic mass is 10.4. The molecule has 0 fully saturated rings. The van der Waals surface area contributed by atoms with Gasteiger partial charge in [0.05, 0.1) is 5.75 Å². The average Bonchev–Trinajstić information content (AvgIpc) is 2.16. The maximum absolute atomic E-state index is 11.2. The Balaban J connectivity index is 2.55. The number of aromatic nitrogens is 1. The number of nitrogen functional groups attached to an aromatic ring is 1. The zero-order valence-corrected chi connectivity index (χ0v) is 10.5. The second-order valence-corrected chi connectivity index (χ2v) is 6.13. The third kappa shape index (κ3) is 4.24.